The molecule has 0 radical (unpaired) electrons. The molecule has 0 unspecified atom stereocenters. The standard InChI is InChI=1S/C13H21N3O/c1-10-12(9-16-7-5-14-6-8-16)15-13(17-10)11-3-2-4-11/h11,14H,2-9H2,1H3. The van der Waals surface area contributed by atoms with Crippen LogP contribution >= 0.6 is 0 Å². The van der Waals surface area contributed by atoms with Gasteiger partial charge in [-0.3, -0.25) is 4.90 Å². The zero-order valence-electron chi connectivity index (χ0n) is 10.5. The molecule has 0 aromatic carbocycles. The maximum absolute atomic E-state index is 5.81. The monoisotopic (exact) mass is 235 g/mol. The minimum absolute atomic E-state index is 0.602. The van der Waals surface area contributed by atoms with Gasteiger partial charge in [0.15, 0.2) is 5.89 Å². The van der Waals surface area contributed by atoms with E-state index in [0.717, 1.165) is 50.1 Å². The van der Waals surface area contributed by atoms with Crippen molar-refractivity contribution in [3.63, 3.8) is 0 Å². The van der Waals surface area contributed by atoms with Crippen LogP contribution in [0.15, 0.2) is 4.42 Å². The minimum Gasteiger partial charge on any atom is -0.445 e. The first-order chi connectivity index (χ1) is 8.33. The van der Waals surface area contributed by atoms with Crippen molar-refractivity contribution in [2.75, 3.05) is 26.2 Å². The van der Waals surface area contributed by atoms with Gasteiger partial charge in [0, 0.05) is 38.6 Å². The van der Waals surface area contributed by atoms with E-state index in [1.54, 1.807) is 0 Å². The van der Waals surface area contributed by atoms with Gasteiger partial charge in [-0.15, -0.1) is 0 Å². The molecule has 4 nitrogen and oxygen atoms in total. The predicted octanol–water partition coefficient (Wildman–Crippen LogP) is 1.66. The highest BCUT2D eigenvalue weighted by Gasteiger charge is 2.26. The lowest BCUT2D eigenvalue weighted by atomic mass is 9.85. The molecular weight excluding hydrogens is 214 g/mol. The maximum atomic E-state index is 5.81. The summed E-state index contributed by atoms with van der Waals surface area (Å²) >= 11 is 0. The zero-order valence-corrected chi connectivity index (χ0v) is 10.5. The molecule has 3 rings (SSSR count). The fraction of sp³-hybridized carbons (Fsp3) is 0.769. The third kappa shape index (κ3) is 2.38. The summed E-state index contributed by atoms with van der Waals surface area (Å²) in [6, 6.07) is 0. The number of hydrogen-bond donors (Lipinski definition) is 1. The van der Waals surface area contributed by atoms with Crippen LogP contribution in [0.5, 0.6) is 0 Å². The Morgan fingerprint density at radius 2 is 2.12 bits per heavy atom. The zero-order chi connectivity index (χ0) is 11.7. The first kappa shape index (κ1) is 11.2. The van der Waals surface area contributed by atoms with Crippen LogP contribution in [0.3, 0.4) is 0 Å². The third-order valence-corrected chi connectivity index (χ3v) is 3.95. The molecule has 1 aliphatic heterocycles. The fourth-order valence-corrected chi connectivity index (χ4v) is 2.51. The molecule has 1 aliphatic carbocycles. The van der Waals surface area contributed by atoms with Gasteiger partial charge >= 0.3 is 0 Å². The van der Waals surface area contributed by atoms with E-state index >= 15 is 0 Å². The summed E-state index contributed by atoms with van der Waals surface area (Å²) in [5.74, 6) is 2.61. The van der Waals surface area contributed by atoms with E-state index in [0.29, 0.717) is 5.92 Å². The smallest absolute Gasteiger partial charge is 0.197 e. The Balaban J connectivity index is 1.66. The van der Waals surface area contributed by atoms with Crippen molar-refractivity contribution in [2.24, 2.45) is 0 Å². The summed E-state index contributed by atoms with van der Waals surface area (Å²) in [4.78, 5) is 7.15. The minimum atomic E-state index is 0.602. The van der Waals surface area contributed by atoms with Gasteiger partial charge < -0.3 is 9.73 Å². The summed E-state index contributed by atoms with van der Waals surface area (Å²) in [6.07, 6.45) is 3.85. The first-order valence-corrected chi connectivity index (χ1v) is 6.72. The Kier molecular flexibility index (Phi) is 3.16. The molecule has 1 saturated carbocycles. The Hall–Kier alpha value is -0.870. The Morgan fingerprint density at radius 3 is 2.76 bits per heavy atom. The van der Waals surface area contributed by atoms with E-state index in [4.69, 9.17) is 9.40 Å². The van der Waals surface area contributed by atoms with Gasteiger partial charge in [-0.1, -0.05) is 6.42 Å². The molecule has 17 heavy (non-hydrogen) atoms. The van der Waals surface area contributed by atoms with Crippen LogP contribution in [0.2, 0.25) is 0 Å². The summed E-state index contributed by atoms with van der Waals surface area (Å²) in [7, 11) is 0. The van der Waals surface area contributed by atoms with Crippen molar-refractivity contribution < 1.29 is 4.42 Å². The van der Waals surface area contributed by atoms with Crippen LogP contribution in [0.25, 0.3) is 0 Å². The molecule has 1 N–H and O–H groups in total. The Labute approximate surface area is 102 Å². The number of hydrogen-bond acceptors (Lipinski definition) is 4. The number of piperazine rings is 1. The van der Waals surface area contributed by atoms with Gasteiger partial charge in [0.25, 0.3) is 0 Å². The van der Waals surface area contributed by atoms with Crippen LogP contribution in [0.4, 0.5) is 0 Å². The highest BCUT2D eigenvalue weighted by Crippen LogP contribution is 2.36. The van der Waals surface area contributed by atoms with E-state index in [1.807, 2.05) is 6.92 Å². The molecule has 0 amide bonds. The van der Waals surface area contributed by atoms with E-state index in [1.165, 1.54) is 19.3 Å². The molecule has 4 heteroatoms. The van der Waals surface area contributed by atoms with Crippen LogP contribution in [-0.4, -0.2) is 36.1 Å². The molecule has 1 saturated heterocycles. The third-order valence-electron chi connectivity index (χ3n) is 3.95. The molecule has 94 valence electrons. The maximum Gasteiger partial charge on any atom is 0.197 e. The first-order valence-electron chi connectivity index (χ1n) is 6.72. The van der Waals surface area contributed by atoms with Gasteiger partial charge in [0.2, 0.25) is 0 Å². The lowest BCUT2D eigenvalue weighted by Gasteiger charge is -2.26. The lowest BCUT2D eigenvalue weighted by Crippen LogP contribution is -2.43. The van der Waals surface area contributed by atoms with Gasteiger partial charge in [0.1, 0.15) is 5.76 Å². The Morgan fingerprint density at radius 1 is 1.35 bits per heavy atom. The van der Waals surface area contributed by atoms with Crippen LogP contribution < -0.4 is 5.32 Å². The summed E-state index contributed by atoms with van der Waals surface area (Å²) in [6.45, 7) is 7.41. The summed E-state index contributed by atoms with van der Waals surface area (Å²) in [5.41, 5.74) is 1.15. The van der Waals surface area contributed by atoms with Crippen LogP contribution in [-0.2, 0) is 6.54 Å². The van der Waals surface area contributed by atoms with Crippen LogP contribution in [0, 0.1) is 6.92 Å². The number of aromatic nitrogens is 1. The second-order valence-electron chi connectivity index (χ2n) is 5.21. The topological polar surface area (TPSA) is 41.3 Å². The van der Waals surface area contributed by atoms with Crippen molar-refractivity contribution in [3.8, 4) is 0 Å². The number of oxazole rings is 1. The van der Waals surface area contributed by atoms with E-state index in [9.17, 15) is 0 Å². The highest BCUT2D eigenvalue weighted by atomic mass is 16.4. The molecular formula is C13H21N3O. The molecule has 1 aromatic heterocycles. The highest BCUT2D eigenvalue weighted by molar-refractivity contribution is 5.11. The summed E-state index contributed by atoms with van der Waals surface area (Å²) < 4.78 is 5.81. The number of rotatable bonds is 3. The van der Waals surface area contributed by atoms with Crippen LogP contribution in [0.1, 0.15) is 42.5 Å². The largest absolute Gasteiger partial charge is 0.445 e. The molecule has 0 atom stereocenters. The molecule has 0 spiro atoms. The fourth-order valence-electron chi connectivity index (χ4n) is 2.51. The van der Waals surface area contributed by atoms with Crippen molar-refractivity contribution in [2.45, 2.75) is 38.6 Å². The van der Waals surface area contributed by atoms with Gasteiger partial charge in [-0.2, -0.15) is 0 Å². The number of nitrogens with zero attached hydrogens (tertiary/aromatic N) is 2. The van der Waals surface area contributed by atoms with Crippen molar-refractivity contribution in [1.29, 1.82) is 0 Å². The quantitative estimate of drug-likeness (QED) is 0.865. The van der Waals surface area contributed by atoms with Crippen molar-refractivity contribution >= 4 is 0 Å². The van der Waals surface area contributed by atoms with Crippen molar-refractivity contribution in [1.82, 2.24) is 15.2 Å². The average molecular weight is 235 g/mol. The molecule has 2 fully saturated rings. The number of nitrogens with one attached hydrogen (secondary N) is 1. The lowest BCUT2D eigenvalue weighted by molar-refractivity contribution is 0.230. The van der Waals surface area contributed by atoms with E-state index in [2.05, 4.69) is 10.2 Å². The average Bonchev–Trinajstić information content (AvgIpc) is 2.59. The second-order valence-corrected chi connectivity index (χ2v) is 5.21. The Bertz CT molecular complexity index is 378. The van der Waals surface area contributed by atoms with E-state index < -0.39 is 0 Å². The van der Waals surface area contributed by atoms with Gasteiger partial charge in [-0.05, 0) is 19.8 Å². The summed E-state index contributed by atoms with van der Waals surface area (Å²) in [5, 5.41) is 3.37. The molecule has 1 aromatic rings. The predicted molar refractivity (Wildman–Crippen MR) is 66.0 cm³/mol. The van der Waals surface area contributed by atoms with Gasteiger partial charge in [0.05, 0.1) is 5.69 Å². The molecule has 0 bridgehead atoms. The molecule has 2 aliphatic rings. The SMILES string of the molecule is Cc1oc(C2CCC2)nc1CN1CCNCC1. The van der Waals surface area contributed by atoms with E-state index in [-0.39, 0.29) is 0 Å². The normalized spacial score (nSPS) is 22.6. The number of aryl methyl sites for hydroxylation is 1. The van der Waals surface area contributed by atoms with Gasteiger partial charge in [-0.25, -0.2) is 4.98 Å². The van der Waals surface area contributed by atoms with Crippen molar-refractivity contribution in [3.05, 3.63) is 17.3 Å². The molecule has 2 heterocycles. The second kappa shape index (κ2) is 4.78.